The molecular formula is C17H28N4O3. The second-order valence-corrected chi connectivity index (χ2v) is 7.37. The van der Waals surface area contributed by atoms with Crippen molar-refractivity contribution in [1.29, 1.82) is 0 Å². The van der Waals surface area contributed by atoms with Crippen LogP contribution in [0, 0.1) is 5.92 Å². The molecule has 1 N–H and O–H groups in total. The second kappa shape index (κ2) is 7.09. The molecule has 1 aromatic heterocycles. The zero-order chi connectivity index (χ0) is 17.3. The Kier molecular flexibility index (Phi) is 5.08. The Hall–Kier alpha value is -1.63. The summed E-state index contributed by atoms with van der Waals surface area (Å²) in [5, 5.41) is 7.47. The molecule has 0 bridgehead atoms. The molecule has 1 saturated heterocycles. The van der Waals surface area contributed by atoms with Crippen molar-refractivity contribution in [2.45, 2.75) is 77.6 Å². The first kappa shape index (κ1) is 17.2. The first-order valence-electron chi connectivity index (χ1n) is 9.07. The Balaban J connectivity index is 1.80. The molecule has 7 heteroatoms. The van der Waals surface area contributed by atoms with E-state index in [2.05, 4.69) is 17.3 Å². The number of aromatic nitrogens is 3. The SMILES string of the molecule is CC(C)n1c([C@H]2OCC[C@H]2C)nn(CC(=O)NC2CCCC2)c1=O. The van der Waals surface area contributed by atoms with Crippen LogP contribution in [0.25, 0.3) is 0 Å². The minimum absolute atomic E-state index is 0.0180. The molecule has 1 aliphatic carbocycles. The van der Waals surface area contributed by atoms with Gasteiger partial charge in [-0.3, -0.25) is 9.36 Å². The fourth-order valence-electron chi connectivity index (χ4n) is 3.72. The molecule has 134 valence electrons. The van der Waals surface area contributed by atoms with E-state index in [-0.39, 0.29) is 36.3 Å². The lowest BCUT2D eigenvalue weighted by Crippen LogP contribution is -2.38. The fraction of sp³-hybridized carbons (Fsp3) is 0.824. The highest BCUT2D eigenvalue weighted by Gasteiger charge is 2.33. The van der Waals surface area contributed by atoms with Gasteiger partial charge in [-0.15, -0.1) is 0 Å². The summed E-state index contributed by atoms with van der Waals surface area (Å²) in [5.41, 5.74) is -0.232. The van der Waals surface area contributed by atoms with Crippen molar-refractivity contribution in [2.75, 3.05) is 6.61 Å². The standard InChI is InChI=1S/C17H28N4O3/c1-11(2)21-16(15-12(3)8-9-24-15)19-20(17(21)23)10-14(22)18-13-6-4-5-7-13/h11-13,15H,4-10H2,1-3H3,(H,18,22)/t12-,15+/m1/s1. The van der Waals surface area contributed by atoms with Crippen molar-refractivity contribution in [3.63, 3.8) is 0 Å². The molecule has 1 aromatic rings. The van der Waals surface area contributed by atoms with Crippen LogP contribution < -0.4 is 11.0 Å². The summed E-state index contributed by atoms with van der Waals surface area (Å²) < 4.78 is 8.73. The minimum atomic E-state index is -0.232. The van der Waals surface area contributed by atoms with Gasteiger partial charge in [0.25, 0.3) is 0 Å². The number of hydrogen-bond donors (Lipinski definition) is 1. The Morgan fingerprint density at radius 2 is 2.04 bits per heavy atom. The first-order valence-corrected chi connectivity index (χ1v) is 9.07. The number of rotatable bonds is 5. The third-order valence-electron chi connectivity index (χ3n) is 5.07. The predicted octanol–water partition coefficient (Wildman–Crippen LogP) is 1.78. The van der Waals surface area contributed by atoms with Gasteiger partial charge in [0, 0.05) is 18.7 Å². The smallest absolute Gasteiger partial charge is 0.346 e. The van der Waals surface area contributed by atoms with Gasteiger partial charge < -0.3 is 10.1 Å². The van der Waals surface area contributed by atoms with E-state index in [1.165, 1.54) is 4.68 Å². The molecule has 24 heavy (non-hydrogen) atoms. The summed E-state index contributed by atoms with van der Waals surface area (Å²) in [6.07, 6.45) is 5.17. The predicted molar refractivity (Wildman–Crippen MR) is 89.7 cm³/mol. The highest BCUT2D eigenvalue weighted by atomic mass is 16.5. The lowest BCUT2D eigenvalue weighted by Gasteiger charge is -2.16. The molecule has 2 heterocycles. The monoisotopic (exact) mass is 336 g/mol. The van der Waals surface area contributed by atoms with Gasteiger partial charge in [0.15, 0.2) is 5.82 Å². The van der Waals surface area contributed by atoms with Crippen molar-refractivity contribution in [3.05, 3.63) is 16.3 Å². The van der Waals surface area contributed by atoms with E-state index in [9.17, 15) is 9.59 Å². The van der Waals surface area contributed by atoms with Crippen LogP contribution in [0.5, 0.6) is 0 Å². The Bertz CT molecular complexity index is 643. The van der Waals surface area contributed by atoms with Crippen LogP contribution in [-0.2, 0) is 16.1 Å². The molecule has 1 saturated carbocycles. The Labute approximate surface area is 142 Å². The number of amides is 1. The lowest BCUT2D eigenvalue weighted by molar-refractivity contribution is -0.122. The quantitative estimate of drug-likeness (QED) is 0.889. The molecule has 0 spiro atoms. The van der Waals surface area contributed by atoms with E-state index in [4.69, 9.17) is 4.74 Å². The van der Waals surface area contributed by atoms with Crippen LogP contribution in [0.3, 0.4) is 0 Å². The van der Waals surface area contributed by atoms with E-state index in [0.717, 1.165) is 32.1 Å². The summed E-state index contributed by atoms with van der Waals surface area (Å²) in [4.78, 5) is 24.9. The highest BCUT2D eigenvalue weighted by Crippen LogP contribution is 2.33. The number of carbonyl (C=O) groups excluding carboxylic acids is 1. The molecule has 0 unspecified atom stereocenters. The lowest BCUT2D eigenvalue weighted by atomic mass is 10.0. The zero-order valence-corrected chi connectivity index (χ0v) is 14.8. The summed E-state index contributed by atoms with van der Waals surface area (Å²) in [6.45, 7) is 6.68. The normalized spacial score (nSPS) is 24.8. The van der Waals surface area contributed by atoms with E-state index >= 15 is 0 Å². The third kappa shape index (κ3) is 3.41. The van der Waals surface area contributed by atoms with Crippen LogP contribution in [0.4, 0.5) is 0 Å². The van der Waals surface area contributed by atoms with Crippen molar-refractivity contribution >= 4 is 5.91 Å². The summed E-state index contributed by atoms with van der Waals surface area (Å²) in [7, 11) is 0. The van der Waals surface area contributed by atoms with Crippen molar-refractivity contribution in [2.24, 2.45) is 5.92 Å². The maximum atomic E-state index is 12.7. The van der Waals surface area contributed by atoms with Crippen molar-refractivity contribution < 1.29 is 9.53 Å². The fourth-order valence-corrected chi connectivity index (χ4v) is 3.72. The average molecular weight is 336 g/mol. The largest absolute Gasteiger partial charge is 0.370 e. The molecule has 2 aliphatic rings. The topological polar surface area (TPSA) is 78.2 Å². The molecule has 3 rings (SSSR count). The minimum Gasteiger partial charge on any atom is -0.370 e. The molecule has 0 aromatic carbocycles. The van der Waals surface area contributed by atoms with Crippen LogP contribution >= 0.6 is 0 Å². The van der Waals surface area contributed by atoms with Crippen molar-refractivity contribution in [3.8, 4) is 0 Å². The summed E-state index contributed by atoms with van der Waals surface area (Å²) in [6, 6.07) is 0.230. The molecule has 2 fully saturated rings. The van der Waals surface area contributed by atoms with Gasteiger partial charge in [-0.25, -0.2) is 9.48 Å². The number of nitrogens with zero attached hydrogens (tertiary/aromatic N) is 3. The molecule has 1 aliphatic heterocycles. The van der Waals surface area contributed by atoms with E-state index in [1.807, 2.05) is 13.8 Å². The number of ether oxygens (including phenoxy) is 1. The number of nitrogens with one attached hydrogen (secondary N) is 1. The van der Waals surface area contributed by atoms with Crippen LogP contribution in [-0.4, -0.2) is 32.9 Å². The molecule has 0 radical (unpaired) electrons. The van der Waals surface area contributed by atoms with Gasteiger partial charge in [0.1, 0.15) is 12.6 Å². The second-order valence-electron chi connectivity index (χ2n) is 7.37. The van der Waals surface area contributed by atoms with E-state index < -0.39 is 0 Å². The summed E-state index contributed by atoms with van der Waals surface area (Å²) in [5.74, 6) is 0.836. The molecule has 2 atom stereocenters. The zero-order valence-electron chi connectivity index (χ0n) is 14.8. The molecular weight excluding hydrogens is 308 g/mol. The van der Waals surface area contributed by atoms with Gasteiger partial charge in [-0.2, -0.15) is 5.10 Å². The van der Waals surface area contributed by atoms with Gasteiger partial charge in [-0.05, 0) is 39.0 Å². The van der Waals surface area contributed by atoms with Crippen LogP contribution in [0.2, 0.25) is 0 Å². The number of hydrogen-bond acceptors (Lipinski definition) is 4. The van der Waals surface area contributed by atoms with Crippen LogP contribution in [0.1, 0.15) is 70.8 Å². The molecule has 1 amide bonds. The maximum Gasteiger partial charge on any atom is 0.346 e. The van der Waals surface area contributed by atoms with Gasteiger partial charge in [0.2, 0.25) is 5.91 Å². The Morgan fingerprint density at radius 1 is 1.33 bits per heavy atom. The van der Waals surface area contributed by atoms with Gasteiger partial charge in [0.05, 0.1) is 0 Å². The van der Waals surface area contributed by atoms with E-state index in [0.29, 0.717) is 18.3 Å². The van der Waals surface area contributed by atoms with E-state index in [1.54, 1.807) is 4.57 Å². The van der Waals surface area contributed by atoms with Crippen LogP contribution in [0.15, 0.2) is 4.79 Å². The number of carbonyl (C=O) groups is 1. The summed E-state index contributed by atoms with van der Waals surface area (Å²) >= 11 is 0. The van der Waals surface area contributed by atoms with Gasteiger partial charge in [-0.1, -0.05) is 19.8 Å². The first-order chi connectivity index (χ1) is 11.5. The third-order valence-corrected chi connectivity index (χ3v) is 5.07. The average Bonchev–Trinajstić information content (AvgIpc) is 3.21. The molecule has 7 nitrogen and oxygen atoms in total. The maximum absolute atomic E-state index is 12.7. The van der Waals surface area contributed by atoms with Crippen molar-refractivity contribution in [1.82, 2.24) is 19.7 Å². The highest BCUT2D eigenvalue weighted by molar-refractivity contribution is 5.75. The Morgan fingerprint density at radius 3 is 2.62 bits per heavy atom. The van der Waals surface area contributed by atoms with Gasteiger partial charge >= 0.3 is 5.69 Å².